The molecule has 2 heterocycles. The van der Waals surface area contributed by atoms with E-state index in [-0.39, 0.29) is 15.9 Å². The highest BCUT2D eigenvalue weighted by Crippen LogP contribution is 2.31. The molecule has 0 amide bonds. The molecule has 0 aromatic carbocycles. The number of alkyl halides is 3. The standard InChI is InChI=1S/C12H5F3N2OS2/c13-12(14,15)10(18)7-4-6(5-16)11(19)17-9(7)8-2-1-3-20-8/h1-4H,(H,17,19). The van der Waals surface area contributed by atoms with Gasteiger partial charge in [-0.15, -0.1) is 11.3 Å². The van der Waals surface area contributed by atoms with Crippen LogP contribution in [-0.2, 0) is 0 Å². The fraction of sp³-hybridized carbons (Fsp3) is 0.0833. The molecule has 0 saturated carbocycles. The topological polar surface area (TPSA) is 56.6 Å². The highest BCUT2D eigenvalue weighted by Gasteiger charge is 2.41. The second-order valence-electron chi connectivity index (χ2n) is 3.72. The molecule has 20 heavy (non-hydrogen) atoms. The Morgan fingerprint density at radius 1 is 1.45 bits per heavy atom. The van der Waals surface area contributed by atoms with Crippen LogP contribution in [0.5, 0.6) is 0 Å². The molecule has 0 unspecified atom stereocenters. The van der Waals surface area contributed by atoms with Gasteiger partial charge in [0, 0.05) is 0 Å². The van der Waals surface area contributed by atoms with E-state index in [4.69, 9.17) is 17.5 Å². The number of aromatic nitrogens is 1. The average molecular weight is 314 g/mol. The lowest BCUT2D eigenvalue weighted by atomic mass is 10.1. The van der Waals surface area contributed by atoms with Gasteiger partial charge >= 0.3 is 6.18 Å². The maximum atomic E-state index is 12.6. The van der Waals surface area contributed by atoms with E-state index in [1.54, 1.807) is 23.6 Å². The fourth-order valence-corrected chi connectivity index (χ4v) is 2.51. The zero-order valence-electron chi connectivity index (χ0n) is 9.62. The van der Waals surface area contributed by atoms with Crippen molar-refractivity contribution in [2.24, 2.45) is 0 Å². The summed E-state index contributed by atoms with van der Waals surface area (Å²) in [6, 6.07) is 5.74. The number of nitrogens with one attached hydrogen (secondary N) is 1. The molecule has 8 heteroatoms. The van der Waals surface area contributed by atoms with Crippen molar-refractivity contribution in [2.75, 3.05) is 0 Å². The zero-order chi connectivity index (χ0) is 14.9. The van der Waals surface area contributed by atoms with E-state index in [0.717, 1.165) is 17.4 Å². The molecule has 0 saturated heterocycles. The Kier molecular flexibility index (Phi) is 3.74. The van der Waals surface area contributed by atoms with Crippen LogP contribution in [0.25, 0.3) is 10.6 Å². The second-order valence-corrected chi connectivity index (χ2v) is 5.07. The molecule has 102 valence electrons. The third kappa shape index (κ3) is 2.64. The summed E-state index contributed by atoms with van der Waals surface area (Å²) >= 11 is 6.05. The van der Waals surface area contributed by atoms with E-state index < -0.39 is 17.5 Å². The number of carbonyl (C=O) groups excluding carboxylic acids is 1. The number of aromatic amines is 1. The van der Waals surface area contributed by atoms with Gasteiger partial charge in [-0.3, -0.25) is 4.79 Å². The van der Waals surface area contributed by atoms with Crippen LogP contribution in [0.2, 0.25) is 0 Å². The van der Waals surface area contributed by atoms with E-state index in [1.165, 1.54) is 0 Å². The van der Waals surface area contributed by atoms with Crippen LogP contribution in [0.3, 0.4) is 0 Å². The monoisotopic (exact) mass is 314 g/mol. The molecule has 0 aliphatic heterocycles. The molecule has 0 spiro atoms. The highest BCUT2D eigenvalue weighted by atomic mass is 32.1. The predicted molar refractivity (Wildman–Crippen MR) is 70.0 cm³/mol. The summed E-state index contributed by atoms with van der Waals surface area (Å²) in [5, 5.41) is 10.5. The van der Waals surface area contributed by atoms with Gasteiger partial charge < -0.3 is 4.98 Å². The first-order valence-corrected chi connectivity index (χ1v) is 6.46. The zero-order valence-corrected chi connectivity index (χ0v) is 11.2. The van der Waals surface area contributed by atoms with Gasteiger partial charge in [-0.25, -0.2) is 0 Å². The Labute approximate surface area is 120 Å². The molecule has 0 atom stereocenters. The Morgan fingerprint density at radius 3 is 2.65 bits per heavy atom. The quantitative estimate of drug-likeness (QED) is 0.671. The van der Waals surface area contributed by atoms with E-state index in [1.807, 2.05) is 0 Å². The van der Waals surface area contributed by atoms with Crippen LogP contribution in [-0.4, -0.2) is 16.9 Å². The number of thiophene rings is 1. The molecule has 2 aromatic heterocycles. The normalized spacial score (nSPS) is 11.1. The number of H-pyrrole nitrogens is 1. The van der Waals surface area contributed by atoms with Gasteiger partial charge in [0.2, 0.25) is 0 Å². The van der Waals surface area contributed by atoms with Gasteiger partial charge in [0.15, 0.2) is 0 Å². The third-order valence-corrected chi connectivity index (χ3v) is 3.64. The lowest BCUT2D eigenvalue weighted by molar-refractivity contribution is -0.0885. The molecule has 0 aliphatic rings. The van der Waals surface area contributed by atoms with E-state index in [9.17, 15) is 18.0 Å². The fourth-order valence-electron chi connectivity index (χ4n) is 1.56. The van der Waals surface area contributed by atoms with Gasteiger partial charge in [-0.2, -0.15) is 18.4 Å². The van der Waals surface area contributed by atoms with Crippen molar-refractivity contribution in [1.29, 1.82) is 5.26 Å². The number of ketones is 1. The van der Waals surface area contributed by atoms with Crippen molar-refractivity contribution in [3.8, 4) is 16.6 Å². The number of hydrogen-bond donors (Lipinski definition) is 1. The maximum Gasteiger partial charge on any atom is 0.454 e. The molecule has 0 bridgehead atoms. The maximum absolute atomic E-state index is 12.6. The minimum Gasteiger partial charge on any atom is -0.344 e. The van der Waals surface area contributed by atoms with E-state index in [2.05, 4.69) is 4.98 Å². The van der Waals surface area contributed by atoms with Crippen molar-refractivity contribution in [3.05, 3.63) is 39.3 Å². The first-order valence-electron chi connectivity index (χ1n) is 5.17. The summed E-state index contributed by atoms with van der Waals surface area (Å²) in [4.78, 5) is 14.4. The molecule has 0 aliphatic carbocycles. The summed E-state index contributed by atoms with van der Waals surface area (Å²) in [6.07, 6.45) is -5.02. The van der Waals surface area contributed by atoms with Gasteiger partial charge in [0.25, 0.3) is 5.78 Å². The van der Waals surface area contributed by atoms with Crippen LogP contribution in [0, 0.1) is 16.0 Å². The first-order chi connectivity index (χ1) is 9.34. The van der Waals surface area contributed by atoms with Crippen molar-refractivity contribution >= 4 is 29.3 Å². The van der Waals surface area contributed by atoms with Gasteiger partial charge in [-0.1, -0.05) is 18.3 Å². The number of rotatable bonds is 2. The number of Topliss-reactive ketones (excluding diaryl/α,β-unsaturated/α-hetero) is 1. The lowest BCUT2D eigenvalue weighted by Crippen LogP contribution is -2.24. The SMILES string of the molecule is N#Cc1cc(C(=O)C(F)(F)F)c(-c2cccs2)[nH]c1=S. The number of halogens is 3. The summed E-state index contributed by atoms with van der Waals surface area (Å²) in [7, 11) is 0. The molecule has 2 aromatic rings. The van der Waals surface area contributed by atoms with Crippen LogP contribution in [0.1, 0.15) is 15.9 Å². The summed E-state index contributed by atoms with van der Waals surface area (Å²) in [5.41, 5.74) is -0.802. The Bertz CT molecular complexity index is 754. The van der Waals surface area contributed by atoms with Crippen molar-refractivity contribution < 1.29 is 18.0 Å². The highest BCUT2D eigenvalue weighted by molar-refractivity contribution is 7.71. The van der Waals surface area contributed by atoms with Gasteiger partial charge in [0.05, 0.1) is 21.7 Å². The molecule has 0 fully saturated rings. The Balaban J connectivity index is 2.74. The average Bonchev–Trinajstić information content (AvgIpc) is 2.90. The van der Waals surface area contributed by atoms with Crippen molar-refractivity contribution in [1.82, 2.24) is 4.98 Å². The van der Waals surface area contributed by atoms with Crippen LogP contribution in [0.15, 0.2) is 23.6 Å². The Hall–Kier alpha value is -1.98. The molecular weight excluding hydrogens is 309 g/mol. The first kappa shape index (κ1) is 14.4. The second kappa shape index (κ2) is 5.19. The van der Waals surface area contributed by atoms with Gasteiger partial charge in [0.1, 0.15) is 10.7 Å². The summed E-state index contributed by atoms with van der Waals surface area (Å²) in [6.45, 7) is 0. The summed E-state index contributed by atoms with van der Waals surface area (Å²) < 4.78 is 37.9. The molecular formula is C12H5F3N2OS2. The number of nitriles is 1. The number of nitrogens with zero attached hydrogens (tertiary/aromatic N) is 1. The predicted octanol–water partition coefficient (Wildman–Crippen LogP) is 4.09. The van der Waals surface area contributed by atoms with Crippen molar-refractivity contribution in [2.45, 2.75) is 6.18 Å². The minimum atomic E-state index is -5.02. The van der Waals surface area contributed by atoms with Crippen molar-refractivity contribution in [3.63, 3.8) is 0 Å². The van der Waals surface area contributed by atoms with E-state index in [0.29, 0.717) is 4.88 Å². The van der Waals surface area contributed by atoms with Crippen LogP contribution >= 0.6 is 23.6 Å². The molecule has 1 N–H and O–H groups in total. The molecule has 3 nitrogen and oxygen atoms in total. The van der Waals surface area contributed by atoms with Crippen LogP contribution in [0.4, 0.5) is 13.2 Å². The smallest absolute Gasteiger partial charge is 0.344 e. The molecule has 2 rings (SSSR count). The Morgan fingerprint density at radius 2 is 2.15 bits per heavy atom. The lowest BCUT2D eigenvalue weighted by Gasteiger charge is -2.10. The minimum absolute atomic E-state index is 0.00498. The van der Waals surface area contributed by atoms with Gasteiger partial charge in [-0.05, 0) is 17.5 Å². The third-order valence-electron chi connectivity index (χ3n) is 2.43. The molecule has 0 radical (unpaired) electrons. The number of hydrogen-bond acceptors (Lipinski definition) is 4. The van der Waals surface area contributed by atoms with E-state index >= 15 is 0 Å². The number of carbonyl (C=O) groups is 1. The largest absolute Gasteiger partial charge is 0.454 e. The van der Waals surface area contributed by atoms with Crippen LogP contribution < -0.4 is 0 Å². The summed E-state index contributed by atoms with van der Waals surface area (Å²) in [5.74, 6) is -2.01. The number of pyridine rings is 1.